The second-order valence-electron chi connectivity index (χ2n) is 2.74. The number of alkyl halides is 2. The van der Waals surface area contributed by atoms with Crippen molar-refractivity contribution in [3.05, 3.63) is 17.5 Å². The molecule has 0 unspecified atom stereocenters. The van der Waals surface area contributed by atoms with Crippen LogP contribution in [0.5, 0.6) is 0 Å². The first-order valence-corrected chi connectivity index (χ1v) is 4.50. The van der Waals surface area contributed by atoms with Gasteiger partial charge in [0.25, 0.3) is 5.91 Å². The van der Waals surface area contributed by atoms with Crippen LogP contribution in [0.3, 0.4) is 0 Å². The van der Waals surface area contributed by atoms with Crippen molar-refractivity contribution in [2.24, 2.45) is 0 Å². The van der Waals surface area contributed by atoms with E-state index in [1.165, 1.54) is 13.0 Å². The van der Waals surface area contributed by atoms with Gasteiger partial charge in [0.05, 0.1) is 0 Å². The lowest BCUT2D eigenvalue weighted by Gasteiger charge is -2.12. The number of carbonyl (C=O) groups excluding carboxylic acids is 1. The van der Waals surface area contributed by atoms with Gasteiger partial charge >= 0.3 is 5.92 Å². The molecule has 0 bridgehead atoms. The standard InChI is InChI=1S/C8H8ClF2N3O/c1-2-8(10,11)7(15)14-6-3-5(9)12-4-13-6/h3-4H,2H2,1H3,(H,12,13,14,15). The average molecular weight is 236 g/mol. The van der Waals surface area contributed by atoms with Crippen molar-refractivity contribution in [1.82, 2.24) is 9.97 Å². The van der Waals surface area contributed by atoms with E-state index in [1.54, 1.807) is 0 Å². The first-order valence-electron chi connectivity index (χ1n) is 4.12. The molecule has 4 nitrogen and oxygen atoms in total. The van der Waals surface area contributed by atoms with Crippen LogP contribution in [0.4, 0.5) is 14.6 Å². The lowest BCUT2D eigenvalue weighted by Crippen LogP contribution is -2.34. The van der Waals surface area contributed by atoms with Crippen molar-refractivity contribution in [2.45, 2.75) is 19.3 Å². The third kappa shape index (κ3) is 3.09. The van der Waals surface area contributed by atoms with Gasteiger partial charge in [0.15, 0.2) is 0 Å². The Kier molecular flexibility index (Phi) is 3.52. The highest BCUT2D eigenvalue weighted by molar-refractivity contribution is 6.29. The van der Waals surface area contributed by atoms with Crippen LogP contribution in [0.25, 0.3) is 0 Å². The molecule has 0 fully saturated rings. The summed E-state index contributed by atoms with van der Waals surface area (Å²) in [4.78, 5) is 18.1. The molecular formula is C8H8ClF2N3O. The lowest BCUT2D eigenvalue weighted by molar-refractivity contribution is -0.139. The van der Waals surface area contributed by atoms with Crippen molar-refractivity contribution < 1.29 is 13.6 Å². The molecule has 1 aromatic heterocycles. The Morgan fingerprint density at radius 2 is 2.27 bits per heavy atom. The van der Waals surface area contributed by atoms with Crippen molar-refractivity contribution in [1.29, 1.82) is 0 Å². The molecule has 0 aromatic carbocycles. The normalized spacial score (nSPS) is 11.2. The van der Waals surface area contributed by atoms with Crippen LogP contribution in [0.15, 0.2) is 12.4 Å². The van der Waals surface area contributed by atoms with Crippen LogP contribution in [-0.4, -0.2) is 21.8 Å². The Hall–Kier alpha value is -1.30. The van der Waals surface area contributed by atoms with E-state index in [-0.39, 0.29) is 11.0 Å². The van der Waals surface area contributed by atoms with Crippen LogP contribution in [0.2, 0.25) is 5.15 Å². The number of nitrogens with zero attached hydrogens (tertiary/aromatic N) is 2. The minimum absolute atomic E-state index is 0.0480. The van der Waals surface area contributed by atoms with E-state index in [1.807, 2.05) is 5.32 Å². The highest BCUT2D eigenvalue weighted by atomic mass is 35.5. The summed E-state index contributed by atoms with van der Waals surface area (Å²) < 4.78 is 25.7. The number of amides is 1. The molecule has 1 heterocycles. The predicted octanol–water partition coefficient (Wildman–Crippen LogP) is 2.11. The van der Waals surface area contributed by atoms with Gasteiger partial charge in [0, 0.05) is 12.5 Å². The van der Waals surface area contributed by atoms with E-state index in [0.29, 0.717) is 0 Å². The zero-order chi connectivity index (χ0) is 11.5. The Bertz CT molecular complexity index is 373. The third-order valence-corrected chi connectivity index (χ3v) is 1.86. The minimum Gasteiger partial charge on any atom is -0.305 e. The number of hydrogen-bond acceptors (Lipinski definition) is 3. The van der Waals surface area contributed by atoms with E-state index < -0.39 is 18.3 Å². The summed E-state index contributed by atoms with van der Waals surface area (Å²) in [6.07, 6.45) is 0.500. The average Bonchev–Trinajstić information content (AvgIpc) is 2.17. The van der Waals surface area contributed by atoms with Crippen molar-refractivity contribution in [3.63, 3.8) is 0 Å². The molecule has 82 valence electrons. The van der Waals surface area contributed by atoms with E-state index >= 15 is 0 Å². The van der Waals surface area contributed by atoms with E-state index in [4.69, 9.17) is 11.6 Å². The molecule has 1 rings (SSSR count). The topological polar surface area (TPSA) is 54.9 Å². The van der Waals surface area contributed by atoms with E-state index in [2.05, 4.69) is 9.97 Å². The molecule has 0 aliphatic rings. The van der Waals surface area contributed by atoms with Crippen molar-refractivity contribution >= 4 is 23.3 Å². The first-order chi connectivity index (χ1) is 6.95. The first kappa shape index (κ1) is 11.8. The van der Waals surface area contributed by atoms with Gasteiger partial charge in [-0.3, -0.25) is 4.79 Å². The molecule has 0 atom stereocenters. The van der Waals surface area contributed by atoms with Gasteiger partial charge in [-0.2, -0.15) is 8.78 Å². The summed E-state index contributed by atoms with van der Waals surface area (Å²) in [5.41, 5.74) is 0. The molecule has 1 amide bonds. The zero-order valence-electron chi connectivity index (χ0n) is 7.80. The number of anilines is 1. The number of rotatable bonds is 3. The van der Waals surface area contributed by atoms with Gasteiger partial charge in [0.1, 0.15) is 17.3 Å². The van der Waals surface area contributed by atoms with Crippen molar-refractivity contribution in [3.8, 4) is 0 Å². The van der Waals surface area contributed by atoms with Gasteiger partial charge in [-0.15, -0.1) is 0 Å². The number of aromatic nitrogens is 2. The minimum atomic E-state index is -3.41. The van der Waals surface area contributed by atoms with Gasteiger partial charge < -0.3 is 5.32 Å². The molecule has 0 radical (unpaired) electrons. The molecular weight excluding hydrogens is 228 g/mol. The van der Waals surface area contributed by atoms with Gasteiger partial charge in [-0.1, -0.05) is 18.5 Å². The molecule has 1 aromatic rings. The van der Waals surface area contributed by atoms with E-state index in [0.717, 1.165) is 6.33 Å². The lowest BCUT2D eigenvalue weighted by atomic mass is 10.2. The Labute approximate surface area is 89.7 Å². The molecule has 0 saturated carbocycles. The largest absolute Gasteiger partial charge is 0.324 e. The zero-order valence-corrected chi connectivity index (χ0v) is 8.55. The molecule has 0 aliphatic carbocycles. The Morgan fingerprint density at radius 3 is 2.80 bits per heavy atom. The predicted molar refractivity (Wildman–Crippen MR) is 50.9 cm³/mol. The second-order valence-corrected chi connectivity index (χ2v) is 3.13. The Balaban J connectivity index is 2.75. The van der Waals surface area contributed by atoms with Gasteiger partial charge in [-0.05, 0) is 0 Å². The summed E-state index contributed by atoms with van der Waals surface area (Å²) in [5.74, 6) is -4.86. The molecule has 0 saturated heterocycles. The SMILES string of the molecule is CCC(F)(F)C(=O)Nc1cc(Cl)ncn1. The maximum absolute atomic E-state index is 12.8. The fourth-order valence-electron chi connectivity index (χ4n) is 0.770. The van der Waals surface area contributed by atoms with Crippen LogP contribution < -0.4 is 5.32 Å². The van der Waals surface area contributed by atoms with Crippen LogP contribution in [0, 0.1) is 0 Å². The van der Waals surface area contributed by atoms with Crippen LogP contribution in [0.1, 0.15) is 13.3 Å². The molecule has 1 N–H and O–H groups in total. The fourth-order valence-corrected chi connectivity index (χ4v) is 0.917. The molecule has 15 heavy (non-hydrogen) atoms. The summed E-state index contributed by atoms with van der Waals surface area (Å²) in [6, 6.07) is 1.19. The quantitative estimate of drug-likeness (QED) is 0.817. The third-order valence-electron chi connectivity index (χ3n) is 1.65. The summed E-state index contributed by atoms with van der Waals surface area (Å²) in [6.45, 7) is 1.21. The Morgan fingerprint density at radius 1 is 1.60 bits per heavy atom. The molecule has 0 aliphatic heterocycles. The number of hydrogen-bond donors (Lipinski definition) is 1. The summed E-state index contributed by atoms with van der Waals surface area (Å²) in [5, 5.41) is 2.02. The number of halogens is 3. The highest BCUT2D eigenvalue weighted by Crippen LogP contribution is 2.20. The van der Waals surface area contributed by atoms with Crippen molar-refractivity contribution in [2.75, 3.05) is 5.32 Å². The number of nitrogens with one attached hydrogen (secondary N) is 1. The van der Waals surface area contributed by atoms with Crippen LogP contribution >= 0.6 is 11.6 Å². The second kappa shape index (κ2) is 4.48. The molecule has 7 heteroatoms. The van der Waals surface area contributed by atoms with Crippen LogP contribution in [-0.2, 0) is 4.79 Å². The van der Waals surface area contributed by atoms with E-state index in [9.17, 15) is 13.6 Å². The summed E-state index contributed by atoms with van der Waals surface area (Å²) >= 11 is 5.49. The highest BCUT2D eigenvalue weighted by Gasteiger charge is 2.36. The maximum atomic E-state index is 12.8. The molecule has 0 spiro atoms. The van der Waals surface area contributed by atoms with Gasteiger partial charge in [0.2, 0.25) is 0 Å². The fraction of sp³-hybridized carbons (Fsp3) is 0.375. The number of carbonyl (C=O) groups is 1. The smallest absolute Gasteiger partial charge is 0.305 e. The summed E-state index contributed by atoms with van der Waals surface area (Å²) in [7, 11) is 0. The maximum Gasteiger partial charge on any atom is 0.324 e. The van der Waals surface area contributed by atoms with Gasteiger partial charge in [-0.25, -0.2) is 9.97 Å². The monoisotopic (exact) mass is 235 g/mol.